The van der Waals surface area contributed by atoms with Crippen LogP contribution in [0.5, 0.6) is 0 Å². The zero-order valence-electron chi connectivity index (χ0n) is 13.2. The first-order valence-corrected chi connectivity index (χ1v) is 8.49. The monoisotopic (exact) mass is 359 g/mol. The zero-order valence-corrected chi connectivity index (χ0v) is 15.2. The average molecular weight is 359 g/mol. The molecule has 0 saturated heterocycles. The highest BCUT2D eigenvalue weighted by molar-refractivity contribution is 6.97. The summed E-state index contributed by atoms with van der Waals surface area (Å²) in [6.07, 6.45) is -1.52. The van der Waals surface area contributed by atoms with Gasteiger partial charge in [-0.2, -0.15) is 0 Å². The molecule has 0 bridgehead atoms. The fourth-order valence-electron chi connectivity index (χ4n) is 1.61. The van der Waals surface area contributed by atoms with Gasteiger partial charge in [-0.15, -0.1) is 0 Å². The van der Waals surface area contributed by atoms with Crippen LogP contribution in [0.4, 0.5) is 4.79 Å². The van der Waals surface area contributed by atoms with Crippen LogP contribution >= 0.6 is 0 Å². The van der Waals surface area contributed by atoms with Gasteiger partial charge in [0, 0.05) is 0 Å². The van der Waals surface area contributed by atoms with E-state index in [0.29, 0.717) is 0 Å². The molecule has 0 spiro atoms. The molecule has 0 fully saturated rings. The third-order valence-electron chi connectivity index (χ3n) is 2.48. The first-order valence-electron chi connectivity index (χ1n) is 6.91. The zero-order chi connectivity index (χ0) is 18.0. The predicted molar refractivity (Wildman–Crippen MR) is 79.9 cm³/mol. The Bertz CT molecular complexity index is 453. The van der Waals surface area contributed by atoms with Gasteiger partial charge in [-0.25, -0.2) is 4.79 Å². The van der Waals surface area contributed by atoms with Gasteiger partial charge in [-0.05, 0) is 20.8 Å². The summed E-state index contributed by atoms with van der Waals surface area (Å²) in [5.74, 6) is -2.89. The molecule has 127 valence electrons. The number of esters is 3. The highest BCUT2D eigenvalue weighted by atomic mass is 28.2. The number of carbonyl (C=O) groups excluding carboxylic acids is 4. The summed E-state index contributed by atoms with van der Waals surface area (Å²) in [5.41, 5.74) is -3.10. The van der Waals surface area contributed by atoms with Crippen LogP contribution in [0.3, 0.4) is 0 Å². The third-order valence-corrected chi connectivity index (χ3v) is 3.70. The van der Waals surface area contributed by atoms with Crippen molar-refractivity contribution in [1.82, 2.24) is 0 Å². The minimum Gasteiger partial charge on any atom is -0.466 e. The molecule has 0 aromatic heterocycles. The van der Waals surface area contributed by atoms with Crippen LogP contribution in [0.15, 0.2) is 0 Å². The van der Waals surface area contributed by atoms with Crippen molar-refractivity contribution in [1.29, 1.82) is 0 Å². The molecule has 0 aromatic rings. The molecule has 0 aliphatic carbocycles. The van der Waals surface area contributed by atoms with Crippen molar-refractivity contribution >= 4 is 42.7 Å². The third kappa shape index (κ3) is 8.62. The molecule has 0 heterocycles. The molecule has 0 amide bonds. The van der Waals surface area contributed by atoms with Gasteiger partial charge in [0.15, 0.2) is 15.1 Å². The second kappa shape index (κ2) is 10.3. The van der Waals surface area contributed by atoms with E-state index in [9.17, 15) is 24.3 Å². The maximum absolute atomic E-state index is 11.9. The van der Waals surface area contributed by atoms with Crippen LogP contribution < -0.4 is 0 Å². The average Bonchev–Trinajstić information content (AvgIpc) is 2.37. The molecule has 0 saturated carbocycles. The maximum Gasteiger partial charge on any atom is 0.339 e. The van der Waals surface area contributed by atoms with Crippen LogP contribution in [-0.2, 0) is 28.6 Å². The summed E-state index contributed by atoms with van der Waals surface area (Å²) >= 11 is 0. The Labute approximate surface area is 140 Å². The van der Waals surface area contributed by atoms with E-state index >= 15 is 0 Å². The Hall–Kier alpha value is -1.53. The first kappa shape index (κ1) is 21.5. The summed E-state index contributed by atoms with van der Waals surface area (Å²) < 4.78 is 14.3. The van der Waals surface area contributed by atoms with E-state index in [4.69, 9.17) is 9.47 Å². The minimum absolute atomic E-state index is 0.0331. The SMILES string of the molecule is CCOC(=O)CC(O)(CC(=O)OC(C)[Si]C(=O)[Si])C(=O)OCC. The summed E-state index contributed by atoms with van der Waals surface area (Å²) in [5, 5.41) is 9.99. The van der Waals surface area contributed by atoms with Crippen LogP contribution in [0.25, 0.3) is 0 Å². The van der Waals surface area contributed by atoms with Crippen molar-refractivity contribution in [3.8, 4) is 0 Å². The van der Waals surface area contributed by atoms with Crippen molar-refractivity contribution in [3.63, 3.8) is 0 Å². The van der Waals surface area contributed by atoms with E-state index in [1.165, 1.54) is 13.8 Å². The fraction of sp³-hybridized carbons (Fsp3) is 0.692. The molecule has 2 unspecified atom stereocenters. The van der Waals surface area contributed by atoms with E-state index in [1.54, 1.807) is 6.92 Å². The largest absolute Gasteiger partial charge is 0.466 e. The van der Waals surface area contributed by atoms with Gasteiger partial charge in [-0.3, -0.25) is 9.59 Å². The Morgan fingerprint density at radius 3 is 2.09 bits per heavy atom. The topological polar surface area (TPSA) is 116 Å². The van der Waals surface area contributed by atoms with Gasteiger partial charge in [0.2, 0.25) is 0 Å². The van der Waals surface area contributed by atoms with Crippen LogP contribution in [0.1, 0.15) is 33.6 Å². The summed E-state index contributed by atoms with van der Waals surface area (Å²) in [6, 6.07) is 0. The van der Waals surface area contributed by atoms with E-state index in [1.807, 2.05) is 0 Å². The number of carbonyl (C=O) groups is 4. The molecule has 23 heavy (non-hydrogen) atoms. The summed E-state index contributed by atoms with van der Waals surface area (Å²) in [6.45, 7) is 4.60. The lowest BCUT2D eigenvalue weighted by molar-refractivity contribution is -0.177. The van der Waals surface area contributed by atoms with Crippen molar-refractivity contribution in [3.05, 3.63) is 0 Å². The minimum atomic E-state index is -2.37. The maximum atomic E-state index is 11.9. The van der Waals surface area contributed by atoms with Gasteiger partial charge in [0.25, 0.3) is 0 Å². The highest BCUT2D eigenvalue weighted by Crippen LogP contribution is 2.20. The first-order chi connectivity index (χ1) is 10.6. The van der Waals surface area contributed by atoms with E-state index in [-0.39, 0.29) is 27.8 Å². The molecule has 0 aliphatic heterocycles. The van der Waals surface area contributed by atoms with Crippen molar-refractivity contribution < 1.29 is 38.5 Å². The Morgan fingerprint density at radius 1 is 1.09 bits per heavy atom. The smallest absolute Gasteiger partial charge is 0.339 e. The van der Waals surface area contributed by atoms with Crippen LogP contribution in [-0.4, -0.2) is 72.3 Å². The van der Waals surface area contributed by atoms with E-state index in [2.05, 4.69) is 15.0 Å². The van der Waals surface area contributed by atoms with Crippen LogP contribution in [0.2, 0.25) is 0 Å². The Balaban J connectivity index is 4.93. The standard InChI is InChI=1S/C13H19O8Si2/c1-4-19-9(14)6-13(18,11(16)20-5-2)7-10(15)21-8(3)23-12(17)22/h8,18H,4-7H2,1-3H3. The van der Waals surface area contributed by atoms with Crippen molar-refractivity contribution in [2.45, 2.75) is 44.9 Å². The summed E-state index contributed by atoms with van der Waals surface area (Å²) in [4.78, 5) is 46.1. The molecule has 10 heteroatoms. The molecule has 5 radical (unpaired) electrons. The molecule has 1 N–H and O–H groups in total. The normalized spacial score (nSPS) is 14.3. The fourth-order valence-corrected chi connectivity index (χ4v) is 2.78. The van der Waals surface area contributed by atoms with Crippen molar-refractivity contribution in [2.75, 3.05) is 13.2 Å². The second-order valence-corrected chi connectivity index (χ2v) is 7.03. The van der Waals surface area contributed by atoms with Crippen molar-refractivity contribution in [2.24, 2.45) is 0 Å². The van der Waals surface area contributed by atoms with Crippen LogP contribution in [0, 0.1) is 0 Å². The lowest BCUT2D eigenvalue weighted by Gasteiger charge is -2.24. The molecular formula is C13H19O8Si2. The molecule has 8 nitrogen and oxygen atoms in total. The van der Waals surface area contributed by atoms with Gasteiger partial charge in [0.1, 0.15) is 10.2 Å². The number of rotatable bonds is 10. The molecule has 0 aliphatic rings. The van der Waals surface area contributed by atoms with Gasteiger partial charge >= 0.3 is 17.9 Å². The summed E-state index contributed by atoms with van der Waals surface area (Å²) in [7, 11) is 2.44. The number of hydrogen-bond donors (Lipinski definition) is 1. The van der Waals surface area contributed by atoms with E-state index < -0.39 is 42.1 Å². The number of aliphatic hydroxyl groups is 1. The predicted octanol–water partition coefficient (Wildman–Crippen LogP) is -0.494. The van der Waals surface area contributed by atoms with Gasteiger partial charge < -0.3 is 24.1 Å². The lowest BCUT2D eigenvalue weighted by atomic mass is 9.95. The second-order valence-electron chi connectivity index (χ2n) is 4.52. The number of hydrogen-bond acceptors (Lipinski definition) is 8. The molecule has 2 atom stereocenters. The Morgan fingerprint density at radius 2 is 1.61 bits per heavy atom. The lowest BCUT2D eigenvalue weighted by Crippen LogP contribution is -2.45. The molecule has 0 aromatic carbocycles. The number of ether oxygens (including phenoxy) is 3. The van der Waals surface area contributed by atoms with E-state index in [0.717, 1.165) is 0 Å². The van der Waals surface area contributed by atoms with Gasteiger partial charge in [0.05, 0.1) is 36.8 Å². The highest BCUT2D eigenvalue weighted by Gasteiger charge is 2.43. The van der Waals surface area contributed by atoms with Gasteiger partial charge in [-0.1, -0.05) is 0 Å². The molecular weight excluding hydrogens is 340 g/mol. The molecule has 0 rings (SSSR count). The Kier molecular flexibility index (Phi) is 9.60. The quantitative estimate of drug-likeness (QED) is 0.315.